The van der Waals surface area contributed by atoms with E-state index in [2.05, 4.69) is 26.0 Å². The van der Waals surface area contributed by atoms with Crippen LogP contribution in [-0.4, -0.2) is 26.5 Å². The summed E-state index contributed by atoms with van der Waals surface area (Å²) in [6, 6.07) is 0. The van der Waals surface area contributed by atoms with Gasteiger partial charge in [0.2, 0.25) is 0 Å². The molecule has 0 saturated heterocycles. The Labute approximate surface area is 104 Å². The second kappa shape index (κ2) is 5.85. The number of rotatable bonds is 6. The van der Waals surface area contributed by atoms with Gasteiger partial charge < -0.3 is 11.1 Å². The summed E-state index contributed by atoms with van der Waals surface area (Å²) in [7, 11) is 0. The molecule has 0 unspecified atom stereocenters. The number of aromatic nitrogens is 4. The SMILES string of the molecule is Cc1nc(CNCc2cn(CCN)nn2)cs1. The van der Waals surface area contributed by atoms with Crippen molar-refractivity contribution in [3.05, 3.63) is 28.0 Å². The largest absolute Gasteiger partial charge is 0.329 e. The molecule has 6 nitrogen and oxygen atoms in total. The first kappa shape index (κ1) is 12.2. The molecule has 0 aliphatic carbocycles. The fraction of sp³-hybridized carbons (Fsp3) is 0.500. The standard InChI is InChI=1S/C10H16N6S/c1-8-13-10(7-17-8)5-12-4-9-6-16(3-2-11)15-14-9/h6-7,12H,2-5,11H2,1H3. The first-order chi connectivity index (χ1) is 8.28. The Morgan fingerprint density at radius 3 is 2.94 bits per heavy atom. The molecule has 0 aliphatic heterocycles. The summed E-state index contributed by atoms with van der Waals surface area (Å²) in [4.78, 5) is 4.37. The van der Waals surface area contributed by atoms with E-state index in [1.165, 1.54) is 0 Å². The monoisotopic (exact) mass is 252 g/mol. The lowest BCUT2D eigenvalue weighted by Crippen LogP contribution is -2.13. The van der Waals surface area contributed by atoms with Gasteiger partial charge >= 0.3 is 0 Å². The molecule has 0 saturated carbocycles. The second-order valence-electron chi connectivity index (χ2n) is 3.72. The van der Waals surface area contributed by atoms with Crippen LogP contribution >= 0.6 is 11.3 Å². The lowest BCUT2D eigenvalue weighted by molar-refractivity contribution is 0.598. The molecular formula is C10H16N6S. The molecule has 2 aromatic rings. The highest BCUT2D eigenvalue weighted by atomic mass is 32.1. The van der Waals surface area contributed by atoms with Gasteiger partial charge in [0, 0.05) is 31.2 Å². The topological polar surface area (TPSA) is 81.7 Å². The van der Waals surface area contributed by atoms with Crippen LogP contribution in [0.25, 0.3) is 0 Å². The van der Waals surface area contributed by atoms with E-state index in [0.717, 1.165) is 22.9 Å². The highest BCUT2D eigenvalue weighted by Gasteiger charge is 2.01. The van der Waals surface area contributed by atoms with Crippen molar-refractivity contribution >= 4 is 11.3 Å². The average Bonchev–Trinajstić information content (AvgIpc) is 2.89. The van der Waals surface area contributed by atoms with E-state index >= 15 is 0 Å². The summed E-state index contributed by atoms with van der Waals surface area (Å²) in [6.07, 6.45) is 1.91. The first-order valence-corrected chi connectivity index (χ1v) is 6.36. The third-order valence-corrected chi connectivity index (χ3v) is 3.05. The predicted octanol–water partition coefficient (Wildman–Crippen LogP) is 0.292. The Balaban J connectivity index is 1.77. The van der Waals surface area contributed by atoms with Gasteiger partial charge in [0.05, 0.1) is 22.9 Å². The first-order valence-electron chi connectivity index (χ1n) is 5.48. The molecule has 3 N–H and O–H groups in total. The third-order valence-electron chi connectivity index (χ3n) is 2.22. The van der Waals surface area contributed by atoms with E-state index in [0.29, 0.717) is 19.6 Å². The summed E-state index contributed by atoms with van der Waals surface area (Å²) in [5.74, 6) is 0. The van der Waals surface area contributed by atoms with Crippen molar-refractivity contribution in [3.8, 4) is 0 Å². The zero-order valence-electron chi connectivity index (χ0n) is 9.76. The van der Waals surface area contributed by atoms with E-state index in [9.17, 15) is 0 Å². The summed E-state index contributed by atoms with van der Waals surface area (Å²) in [5.41, 5.74) is 7.43. The Hall–Kier alpha value is -1.31. The van der Waals surface area contributed by atoms with Crippen LogP contribution in [0.5, 0.6) is 0 Å². The lowest BCUT2D eigenvalue weighted by atomic mass is 10.4. The zero-order valence-corrected chi connectivity index (χ0v) is 10.6. The van der Waals surface area contributed by atoms with Gasteiger partial charge in [-0.05, 0) is 6.92 Å². The number of nitrogens with one attached hydrogen (secondary N) is 1. The van der Waals surface area contributed by atoms with Crippen molar-refractivity contribution in [1.82, 2.24) is 25.3 Å². The maximum absolute atomic E-state index is 5.44. The van der Waals surface area contributed by atoms with E-state index in [1.807, 2.05) is 13.1 Å². The highest BCUT2D eigenvalue weighted by molar-refractivity contribution is 7.09. The predicted molar refractivity (Wildman–Crippen MR) is 66.5 cm³/mol. The van der Waals surface area contributed by atoms with Gasteiger partial charge in [0.15, 0.2) is 0 Å². The van der Waals surface area contributed by atoms with Crippen molar-refractivity contribution in [2.45, 2.75) is 26.6 Å². The Morgan fingerprint density at radius 2 is 2.24 bits per heavy atom. The minimum atomic E-state index is 0.578. The molecule has 17 heavy (non-hydrogen) atoms. The van der Waals surface area contributed by atoms with Gasteiger partial charge in [-0.1, -0.05) is 5.21 Å². The van der Waals surface area contributed by atoms with Gasteiger partial charge in [-0.25, -0.2) is 4.98 Å². The van der Waals surface area contributed by atoms with Gasteiger partial charge in [0.25, 0.3) is 0 Å². The molecule has 0 aromatic carbocycles. The number of thiazole rings is 1. The lowest BCUT2D eigenvalue weighted by Gasteiger charge is -1.98. The molecule has 0 bridgehead atoms. The quantitative estimate of drug-likeness (QED) is 0.772. The second-order valence-corrected chi connectivity index (χ2v) is 4.79. The van der Waals surface area contributed by atoms with Gasteiger partial charge in [-0.15, -0.1) is 16.4 Å². The maximum Gasteiger partial charge on any atom is 0.0964 e. The smallest absolute Gasteiger partial charge is 0.0964 e. The van der Waals surface area contributed by atoms with Gasteiger partial charge in [-0.2, -0.15) is 0 Å². The molecule has 2 heterocycles. The minimum absolute atomic E-state index is 0.578. The molecule has 2 aromatic heterocycles. The fourth-order valence-corrected chi connectivity index (χ4v) is 2.08. The summed E-state index contributed by atoms with van der Waals surface area (Å²) >= 11 is 1.66. The maximum atomic E-state index is 5.44. The van der Waals surface area contributed by atoms with E-state index in [4.69, 9.17) is 5.73 Å². The van der Waals surface area contributed by atoms with E-state index in [-0.39, 0.29) is 0 Å². The normalized spacial score (nSPS) is 10.9. The Bertz CT molecular complexity index is 463. The minimum Gasteiger partial charge on any atom is -0.329 e. The fourth-order valence-electron chi connectivity index (χ4n) is 1.47. The summed E-state index contributed by atoms with van der Waals surface area (Å²) < 4.78 is 1.75. The van der Waals surface area contributed by atoms with Crippen LogP contribution in [0.15, 0.2) is 11.6 Å². The summed E-state index contributed by atoms with van der Waals surface area (Å²) in [6.45, 7) is 4.74. The number of hydrogen-bond donors (Lipinski definition) is 2. The van der Waals surface area contributed by atoms with Crippen LogP contribution < -0.4 is 11.1 Å². The van der Waals surface area contributed by atoms with Crippen LogP contribution in [-0.2, 0) is 19.6 Å². The molecule has 0 amide bonds. The molecule has 0 aliphatic rings. The van der Waals surface area contributed by atoms with E-state index in [1.54, 1.807) is 16.0 Å². The van der Waals surface area contributed by atoms with E-state index < -0.39 is 0 Å². The zero-order chi connectivity index (χ0) is 12.1. The molecule has 0 fully saturated rings. The molecular weight excluding hydrogens is 236 g/mol. The Kier molecular flexibility index (Phi) is 4.18. The van der Waals surface area contributed by atoms with Crippen molar-refractivity contribution in [3.63, 3.8) is 0 Å². The number of nitrogens with two attached hydrogens (primary N) is 1. The molecule has 0 radical (unpaired) electrons. The van der Waals surface area contributed by atoms with Crippen LogP contribution in [0.4, 0.5) is 0 Å². The Morgan fingerprint density at radius 1 is 1.41 bits per heavy atom. The van der Waals surface area contributed by atoms with Crippen LogP contribution in [0.2, 0.25) is 0 Å². The van der Waals surface area contributed by atoms with Crippen molar-refractivity contribution < 1.29 is 0 Å². The van der Waals surface area contributed by atoms with Gasteiger partial charge in [0.1, 0.15) is 0 Å². The van der Waals surface area contributed by atoms with Crippen molar-refractivity contribution in [2.75, 3.05) is 6.54 Å². The highest BCUT2D eigenvalue weighted by Crippen LogP contribution is 2.07. The van der Waals surface area contributed by atoms with Gasteiger partial charge in [-0.3, -0.25) is 4.68 Å². The van der Waals surface area contributed by atoms with Crippen molar-refractivity contribution in [2.24, 2.45) is 5.73 Å². The van der Waals surface area contributed by atoms with Crippen LogP contribution in [0, 0.1) is 6.92 Å². The number of nitrogens with zero attached hydrogens (tertiary/aromatic N) is 4. The van der Waals surface area contributed by atoms with Crippen LogP contribution in [0.1, 0.15) is 16.4 Å². The third kappa shape index (κ3) is 3.58. The molecule has 0 atom stereocenters. The van der Waals surface area contributed by atoms with Crippen molar-refractivity contribution in [1.29, 1.82) is 0 Å². The average molecular weight is 252 g/mol. The molecule has 0 spiro atoms. The molecule has 7 heteroatoms. The number of hydrogen-bond acceptors (Lipinski definition) is 6. The van der Waals surface area contributed by atoms with Crippen LogP contribution in [0.3, 0.4) is 0 Å². The number of aryl methyl sites for hydroxylation is 1. The molecule has 92 valence electrons. The summed E-state index contributed by atoms with van der Waals surface area (Å²) in [5, 5.41) is 14.5. The molecule has 2 rings (SSSR count).